The maximum absolute atomic E-state index is 12.7. The van der Waals surface area contributed by atoms with Gasteiger partial charge in [-0.05, 0) is 26.7 Å². The highest BCUT2D eigenvalue weighted by Gasteiger charge is 2.16. The van der Waals surface area contributed by atoms with Gasteiger partial charge < -0.3 is 10.1 Å². The second kappa shape index (κ2) is 8.64. The van der Waals surface area contributed by atoms with Crippen molar-refractivity contribution < 1.29 is 5.21 Å². The number of hydrogen-bond donors (Lipinski definition) is 2. The Morgan fingerprint density at radius 1 is 1.39 bits per heavy atom. The van der Waals surface area contributed by atoms with Gasteiger partial charge in [0, 0.05) is 39.4 Å². The van der Waals surface area contributed by atoms with Crippen LogP contribution in [0.1, 0.15) is 31.9 Å². The molecule has 0 spiro atoms. The minimum Gasteiger partial charge on any atom is -0.330 e. The molecule has 8 heteroatoms. The monoisotopic (exact) mass is 325 g/mol. The molecule has 1 heterocycles. The highest BCUT2D eigenvalue weighted by molar-refractivity contribution is 5.78. The summed E-state index contributed by atoms with van der Waals surface area (Å²) in [5, 5.41) is 8.78. The molecule has 0 aliphatic carbocycles. The summed E-state index contributed by atoms with van der Waals surface area (Å²) >= 11 is 0. The molecule has 1 aromatic heterocycles. The topological polar surface area (TPSA) is 91.9 Å². The third-order valence-corrected chi connectivity index (χ3v) is 3.94. The van der Waals surface area contributed by atoms with Crippen molar-refractivity contribution in [2.75, 3.05) is 19.0 Å². The highest BCUT2D eigenvalue weighted by Crippen LogP contribution is 2.10. The fourth-order valence-electron chi connectivity index (χ4n) is 2.47. The molecule has 0 saturated heterocycles. The van der Waals surface area contributed by atoms with E-state index in [0.717, 1.165) is 12.8 Å². The summed E-state index contributed by atoms with van der Waals surface area (Å²) in [6.07, 6.45) is 3.81. The first-order valence-electron chi connectivity index (χ1n) is 7.70. The van der Waals surface area contributed by atoms with E-state index in [1.54, 1.807) is 39.3 Å². The van der Waals surface area contributed by atoms with Gasteiger partial charge in [-0.3, -0.25) is 18.9 Å². The number of aliphatic imine (C=N–C) groups is 1. The molecule has 1 atom stereocenters. The zero-order valence-corrected chi connectivity index (χ0v) is 14.5. The van der Waals surface area contributed by atoms with E-state index in [-0.39, 0.29) is 17.3 Å². The van der Waals surface area contributed by atoms with E-state index in [4.69, 9.17) is 5.21 Å². The lowest BCUT2D eigenvalue weighted by molar-refractivity contribution is 0.127. The number of hydroxylamine groups is 1. The molecule has 0 aliphatic heterocycles. The Balaban J connectivity index is 3.08. The van der Waals surface area contributed by atoms with E-state index in [2.05, 4.69) is 10.5 Å². The SMILES string of the molecule is CN=CN(C)c1c(C)n(C)c(=O)n(CCCCC(C)NO)c1=O. The second-order valence-corrected chi connectivity index (χ2v) is 5.74. The van der Waals surface area contributed by atoms with Gasteiger partial charge in [-0.25, -0.2) is 10.3 Å². The molecule has 1 rings (SSSR count). The Bertz CT molecular complexity index is 662. The lowest BCUT2D eigenvalue weighted by Crippen LogP contribution is -2.43. The van der Waals surface area contributed by atoms with E-state index in [9.17, 15) is 9.59 Å². The zero-order valence-electron chi connectivity index (χ0n) is 14.5. The number of hydrogen-bond acceptors (Lipinski definition) is 5. The molecule has 0 amide bonds. The molecule has 0 bridgehead atoms. The Morgan fingerprint density at radius 2 is 2.04 bits per heavy atom. The van der Waals surface area contributed by atoms with Crippen LogP contribution in [0.5, 0.6) is 0 Å². The van der Waals surface area contributed by atoms with Crippen LogP contribution in [0.25, 0.3) is 0 Å². The molecule has 1 unspecified atom stereocenters. The molecule has 130 valence electrons. The van der Waals surface area contributed by atoms with Gasteiger partial charge in [-0.2, -0.15) is 0 Å². The molecule has 0 aliphatic rings. The van der Waals surface area contributed by atoms with Gasteiger partial charge >= 0.3 is 5.69 Å². The molecule has 0 fully saturated rings. The normalized spacial score (nSPS) is 12.8. The predicted molar refractivity (Wildman–Crippen MR) is 91.7 cm³/mol. The van der Waals surface area contributed by atoms with Crippen molar-refractivity contribution in [3.63, 3.8) is 0 Å². The third-order valence-electron chi connectivity index (χ3n) is 3.94. The van der Waals surface area contributed by atoms with Crippen molar-refractivity contribution in [1.29, 1.82) is 0 Å². The molecule has 0 radical (unpaired) electrons. The number of anilines is 1. The van der Waals surface area contributed by atoms with Crippen molar-refractivity contribution >= 4 is 12.0 Å². The number of unbranched alkanes of at least 4 members (excludes halogenated alkanes) is 1. The van der Waals surface area contributed by atoms with E-state index in [0.29, 0.717) is 24.3 Å². The summed E-state index contributed by atoms with van der Waals surface area (Å²) in [5.41, 5.74) is 2.62. The van der Waals surface area contributed by atoms with Gasteiger partial charge in [-0.1, -0.05) is 6.42 Å². The number of rotatable bonds is 8. The summed E-state index contributed by atoms with van der Waals surface area (Å²) < 4.78 is 2.74. The molecule has 8 nitrogen and oxygen atoms in total. The van der Waals surface area contributed by atoms with E-state index >= 15 is 0 Å². The van der Waals surface area contributed by atoms with Crippen LogP contribution in [-0.4, -0.2) is 40.8 Å². The van der Waals surface area contributed by atoms with E-state index in [1.165, 1.54) is 9.13 Å². The standard InChI is InChI=1S/C15H27N5O3/c1-11(17-23)8-6-7-9-20-14(21)13(18(4)10-16-3)12(2)19(5)15(20)22/h10-11,17,23H,6-9H2,1-5H3. The Morgan fingerprint density at radius 3 is 2.61 bits per heavy atom. The van der Waals surface area contributed by atoms with Crippen LogP contribution in [-0.2, 0) is 13.6 Å². The largest absolute Gasteiger partial charge is 0.331 e. The Kier molecular flexibility index (Phi) is 7.18. The third kappa shape index (κ3) is 4.52. The Labute approximate surface area is 136 Å². The van der Waals surface area contributed by atoms with Gasteiger partial charge in [0.1, 0.15) is 5.69 Å². The van der Waals surface area contributed by atoms with Crippen LogP contribution in [0, 0.1) is 6.92 Å². The predicted octanol–water partition coefficient (Wildman–Crippen LogP) is 0.487. The molecular weight excluding hydrogens is 298 g/mol. The molecular formula is C15H27N5O3. The summed E-state index contributed by atoms with van der Waals surface area (Å²) in [5.74, 6) is 0. The molecule has 0 aromatic carbocycles. The van der Waals surface area contributed by atoms with Gasteiger partial charge in [0.25, 0.3) is 5.56 Å². The number of nitrogens with one attached hydrogen (secondary N) is 1. The second-order valence-electron chi connectivity index (χ2n) is 5.74. The fraction of sp³-hybridized carbons (Fsp3) is 0.667. The van der Waals surface area contributed by atoms with Crippen LogP contribution in [0.3, 0.4) is 0 Å². The van der Waals surface area contributed by atoms with E-state index in [1.807, 2.05) is 6.92 Å². The highest BCUT2D eigenvalue weighted by atomic mass is 16.5. The average Bonchev–Trinajstić information content (AvgIpc) is 2.52. The molecule has 2 N–H and O–H groups in total. The maximum Gasteiger partial charge on any atom is 0.331 e. The minimum atomic E-state index is -0.314. The molecule has 1 aromatic rings. The fourth-order valence-corrected chi connectivity index (χ4v) is 2.47. The first kappa shape index (κ1) is 19.1. The van der Waals surface area contributed by atoms with Gasteiger partial charge in [0.15, 0.2) is 0 Å². The van der Waals surface area contributed by atoms with Gasteiger partial charge in [-0.15, -0.1) is 0 Å². The van der Waals surface area contributed by atoms with Crippen molar-refractivity contribution in [1.82, 2.24) is 14.6 Å². The zero-order chi connectivity index (χ0) is 17.6. The van der Waals surface area contributed by atoms with Crippen LogP contribution in [0.15, 0.2) is 14.6 Å². The first-order chi connectivity index (χ1) is 10.8. The van der Waals surface area contributed by atoms with Crippen LogP contribution < -0.4 is 21.6 Å². The summed E-state index contributed by atoms with van der Waals surface area (Å²) in [4.78, 5) is 30.6. The maximum atomic E-state index is 12.7. The van der Waals surface area contributed by atoms with Crippen LogP contribution >= 0.6 is 0 Å². The summed E-state index contributed by atoms with van der Waals surface area (Å²) in [6.45, 7) is 3.97. The van der Waals surface area contributed by atoms with Crippen LogP contribution in [0.2, 0.25) is 0 Å². The van der Waals surface area contributed by atoms with Crippen molar-refractivity contribution in [2.45, 2.75) is 45.7 Å². The van der Waals surface area contributed by atoms with E-state index < -0.39 is 0 Å². The van der Waals surface area contributed by atoms with Crippen molar-refractivity contribution in [2.24, 2.45) is 12.0 Å². The minimum absolute atomic E-state index is 0.00460. The summed E-state index contributed by atoms with van der Waals surface area (Å²) in [7, 11) is 5.02. The number of nitrogens with zero attached hydrogens (tertiary/aromatic N) is 4. The van der Waals surface area contributed by atoms with Gasteiger partial charge in [0.2, 0.25) is 0 Å². The summed E-state index contributed by atoms with van der Waals surface area (Å²) in [6, 6.07) is -0.00460. The Hall–Kier alpha value is -1.93. The lowest BCUT2D eigenvalue weighted by Gasteiger charge is -2.19. The van der Waals surface area contributed by atoms with Gasteiger partial charge in [0.05, 0.1) is 6.34 Å². The number of aromatic nitrogens is 2. The van der Waals surface area contributed by atoms with Crippen molar-refractivity contribution in [3.05, 3.63) is 26.5 Å². The average molecular weight is 325 g/mol. The lowest BCUT2D eigenvalue weighted by atomic mass is 10.1. The molecule has 0 saturated carbocycles. The molecule has 23 heavy (non-hydrogen) atoms. The first-order valence-corrected chi connectivity index (χ1v) is 7.70. The smallest absolute Gasteiger partial charge is 0.330 e. The quantitative estimate of drug-likeness (QED) is 0.314. The van der Waals surface area contributed by atoms with Crippen LogP contribution in [0.4, 0.5) is 5.69 Å². The van der Waals surface area contributed by atoms with Crippen molar-refractivity contribution in [3.8, 4) is 0 Å².